The van der Waals surface area contributed by atoms with Gasteiger partial charge < -0.3 is 15.5 Å². The van der Waals surface area contributed by atoms with Crippen LogP contribution in [0.25, 0.3) is 0 Å². The van der Waals surface area contributed by atoms with Crippen molar-refractivity contribution in [3.63, 3.8) is 0 Å². The highest BCUT2D eigenvalue weighted by Crippen LogP contribution is 2.19. The number of nitrogens with zero attached hydrogens (tertiary/aromatic N) is 1. The van der Waals surface area contributed by atoms with E-state index in [9.17, 15) is 14.4 Å². The second kappa shape index (κ2) is 8.68. The molecule has 0 saturated heterocycles. The molecular formula is C14H27N3O3. The first-order valence-electron chi connectivity index (χ1n) is 6.87. The maximum atomic E-state index is 12.1. The maximum absolute atomic E-state index is 12.1. The summed E-state index contributed by atoms with van der Waals surface area (Å²) < 4.78 is 0. The molecule has 2 N–H and O–H groups in total. The lowest BCUT2D eigenvalue weighted by atomic mass is 9.86. The molecule has 0 aliphatic carbocycles. The van der Waals surface area contributed by atoms with E-state index in [2.05, 4.69) is 10.6 Å². The van der Waals surface area contributed by atoms with Crippen molar-refractivity contribution in [1.29, 1.82) is 0 Å². The number of rotatable bonds is 9. The molecule has 0 fully saturated rings. The van der Waals surface area contributed by atoms with Gasteiger partial charge in [-0.15, -0.1) is 0 Å². The van der Waals surface area contributed by atoms with Gasteiger partial charge in [-0.25, -0.2) is 0 Å². The third-order valence-electron chi connectivity index (χ3n) is 3.08. The van der Waals surface area contributed by atoms with Crippen LogP contribution < -0.4 is 10.6 Å². The first kappa shape index (κ1) is 18.6. The normalized spacial score (nSPS) is 12.7. The van der Waals surface area contributed by atoms with E-state index >= 15 is 0 Å². The van der Waals surface area contributed by atoms with Crippen molar-refractivity contribution < 1.29 is 14.4 Å². The Morgan fingerprint density at radius 1 is 1.25 bits per heavy atom. The highest BCUT2D eigenvalue weighted by Gasteiger charge is 2.30. The summed E-state index contributed by atoms with van der Waals surface area (Å²) in [5.74, 6) is -0.324. The molecule has 0 heterocycles. The third kappa shape index (κ3) is 6.65. The van der Waals surface area contributed by atoms with Crippen molar-refractivity contribution in [1.82, 2.24) is 15.5 Å². The Bertz CT molecular complexity index is 337. The van der Waals surface area contributed by atoms with Crippen LogP contribution in [-0.2, 0) is 14.4 Å². The summed E-state index contributed by atoms with van der Waals surface area (Å²) in [6, 6.07) is -0.742. The minimum Gasteiger partial charge on any atom is -0.354 e. The highest BCUT2D eigenvalue weighted by molar-refractivity contribution is 5.92. The van der Waals surface area contributed by atoms with Crippen LogP contribution >= 0.6 is 0 Å². The molecule has 0 aliphatic rings. The van der Waals surface area contributed by atoms with Crippen molar-refractivity contribution in [3.8, 4) is 0 Å². The van der Waals surface area contributed by atoms with Crippen molar-refractivity contribution in [2.24, 2.45) is 5.41 Å². The molecule has 0 saturated carbocycles. The fraction of sp³-hybridized carbons (Fsp3) is 0.786. The van der Waals surface area contributed by atoms with Crippen LogP contribution in [-0.4, -0.2) is 56.2 Å². The summed E-state index contributed by atoms with van der Waals surface area (Å²) in [4.78, 5) is 36.3. The lowest BCUT2D eigenvalue weighted by Gasteiger charge is -2.26. The van der Waals surface area contributed by atoms with Gasteiger partial charge >= 0.3 is 0 Å². The lowest BCUT2D eigenvalue weighted by Crippen LogP contribution is -2.47. The summed E-state index contributed by atoms with van der Waals surface area (Å²) in [6.45, 7) is 6.73. The SMILES string of the molecule is CNCCCNC(=O)C(CC(=O)C(C)(C)C)N(C)C=O. The van der Waals surface area contributed by atoms with Crippen molar-refractivity contribution >= 4 is 18.1 Å². The van der Waals surface area contributed by atoms with Crippen LogP contribution in [0.3, 0.4) is 0 Å². The Labute approximate surface area is 121 Å². The highest BCUT2D eigenvalue weighted by atomic mass is 16.2. The second-order valence-corrected chi connectivity index (χ2v) is 5.91. The monoisotopic (exact) mass is 285 g/mol. The Hall–Kier alpha value is -1.43. The Kier molecular flexibility index (Phi) is 8.06. The first-order chi connectivity index (χ1) is 9.23. The van der Waals surface area contributed by atoms with Gasteiger partial charge in [0.05, 0.1) is 0 Å². The van der Waals surface area contributed by atoms with Gasteiger partial charge in [0.1, 0.15) is 11.8 Å². The molecule has 116 valence electrons. The topological polar surface area (TPSA) is 78.5 Å². The minimum atomic E-state index is -0.742. The number of carbonyl (C=O) groups is 3. The van der Waals surface area contributed by atoms with E-state index in [1.165, 1.54) is 11.9 Å². The molecule has 0 aromatic heterocycles. The standard InChI is InChI=1S/C14H27N3O3/c1-14(2,3)12(19)9-11(17(5)10-18)13(20)16-8-6-7-15-4/h10-11,15H,6-9H2,1-5H3,(H,16,20). The van der Waals surface area contributed by atoms with E-state index in [-0.39, 0.29) is 18.1 Å². The Morgan fingerprint density at radius 3 is 2.30 bits per heavy atom. The quantitative estimate of drug-likeness (QED) is 0.468. The van der Waals surface area contributed by atoms with Crippen LogP contribution in [0.4, 0.5) is 0 Å². The molecule has 0 aromatic carbocycles. The number of ketones is 1. The minimum absolute atomic E-state index is 0.0383. The van der Waals surface area contributed by atoms with Crippen LogP contribution in [0.2, 0.25) is 0 Å². The van der Waals surface area contributed by atoms with Crippen molar-refractivity contribution in [3.05, 3.63) is 0 Å². The first-order valence-corrected chi connectivity index (χ1v) is 6.87. The number of likely N-dealkylation sites (N-methyl/N-ethyl adjacent to an activating group) is 1. The van der Waals surface area contributed by atoms with Gasteiger partial charge in [-0.2, -0.15) is 0 Å². The number of hydrogen-bond donors (Lipinski definition) is 2. The number of nitrogens with one attached hydrogen (secondary N) is 2. The van der Waals surface area contributed by atoms with Gasteiger partial charge in [-0.3, -0.25) is 14.4 Å². The zero-order valence-corrected chi connectivity index (χ0v) is 13.2. The zero-order chi connectivity index (χ0) is 15.8. The number of hydrogen-bond acceptors (Lipinski definition) is 4. The second-order valence-electron chi connectivity index (χ2n) is 5.91. The number of carbonyl (C=O) groups excluding carboxylic acids is 3. The molecule has 2 amide bonds. The van der Waals surface area contributed by atoms with E-state index in [0.717, 1.165) is 13.0 Å². The molecule has 1 atom stereocenters. The largest absolute Gasteiger partial charge is 0.354 e. The van der Waals surface area contributed by atoms with Crippen LogP contribution in [0, 0.1) is 5.41 Å². The predicted octanol–water partition coefficient (Wildman–Crippen LogP) is 0.174. The Morgan fingerprint density at radius 2 is 1.85 bits per heavy atom. The summed E-state index contributed by atoms with van der Waals surface area (Å²) in [6.07, 6.45) is 1.41. The average molecular weight is 285 g/mol. The lowest BCUT2D eigenvalue weighted by molar-refractivity contribution is -0.136. The molecule has 6 nitrogen and oxygen atoms in total. The smallest absolute Gasteiger partial charge is 0.243 e. The maximum Gasteiger partial charge on any atom is 0.243 e. The molecule has 0 bridgehead atoms. The van der Waals surface area contributed by atoms with Crippen LogP contribution in [0.15, 0.2) is 0 Å². The van der Waals surface area contributed by atoms with E-state index in [4.69, 9.17) is 0 Å². The van der Waals surface area contributed by atoms with Gasteiger partial charge in [-0.1, -0.05) is 20.8 Å². The van der Waals surface area contributed by atoms with Crippen molar-refractivity contribution in [2.75, 3.05) is 27.2 Å². The van der Waals surface area contributed by atoms with Gasteiger partial charge in [0, 0.05) is 25.4 Å². The number of Topliss-reactive ketones (excluding diaryl/α,β-unsaturated/α-hetero) is 1. The van der Waals surface area contributed by atoms with Crippen LogP contribution in [0.5, 0.6) is 0 Å². The molecule has 6 heteroatoms. The number of amides is 2. The van der Waals surface area contributed by atoms with Gasteiger partial charge in [0.25, 0.3) is 0 Å². The molecule has 0 spiro atoms. The molecule has 0 rings (SSSR count). The van der Waals surface area contributed by atoms with E-state index in [0.29, 0.717) is 13.0 Å². The van der Waals surface area contributed by atoms with Gasteiger partial charge in [0.15, 0.2) is 0 Å². The van der Waals surface area contributed by atoms with E-state index in [1.54, 1.807) is 20.8 Å². The fourth-order valence-corrected chi connectivity index (χ4v) is 1.57. The predicted molar refractivity (Wildman–Crippen MR) is 78.2 cm³/mol. The zero-order valence-electron chi connectivity index (χ0n) is 13.2. The van der Waals surface area contributed by atoms with Crippen LogP contribution in [0.1, 0.15) is 33.6 Å². The summed E-state index contributed by atoms with van der Waals surface area (Å²) in [5.41, 5.74) is -0.519. The van der Waals surface area contributed by atoms with Gasteiger partial charge in [-0.05, 0) is 20.0 Å². The summed E-state index contributed by atoms with van der Waals surface area (Å²) in [7, 11) is 3.35. The third-order valence-corrected chi connectivity index (χ3v) is 3.08. The molecule has 0 aromatic rings. The average Bonchev–Trinajstić information content (AvgIpc) is 2.38. The fourth-order valence-electron chi connectivity index (χ4n) is 1.57. The molecule has 0 radical (unpaired) electrons. The Balaban J connectivity index is 4.60. The summed E-state index contributed by atoms with van der Waals surface area (Å²) in [5, 5.41) is 5.74. The van der Waals surface area contributed by atoms with Crippen molar-refractivity contribution in [2.45, 2.75) is 39.7 Å². The van der Waals surface area contributed by atoms with E-state index in [1.807, 2.05) is 7.05 Å². The molecule has 1 unspecified atom stereocenters. The summed E-state index contributed by atoms with van der Waals surface area (Å²) >= 11 is 0. The molecular weight excluding hydrogens is 258 g/mol. The van der Waals surface area contributed by atoms with E-state index < -0.39 is 11.5 Å². The molecule has 20 heavy (non-hydrogen) atoms. The molecule has 0 aliphatic heterocycles. The van der Waals surface area contributed by atoms with Gasteiger partial charge in [0.2, 0.25) is 12.3 Å².